The van der Waals surface area contributed by atoms with Gasteiger partial charge in [-0.25, -0.2) is 0 Å². The minimum absolute atomic E-state index is 0.562. The van der Waals surface area contributed by atoms with Crippen LogP contribution in [0, 0.1) is 0 Å². The van der Waals surface area contributed by atoms with E-state index in [4.69, 9.17) is 10.7 Å². The first kappa shape index (κ1) is 28.5. The van der Waals surface area contributed by atoms with Crippen LogP contribution >= 0.6 is 0 Å². The normalized spacial score (nSPS) is 16.1. The van der Waals surface area contributed by atoms with Gasteiger partial charge in [-0.15, -0.1) is 0 Å². The van der Waals surface area contributed by atoms with E-state index in [9.17, 15) is 5.11 Å². The monoisotopic (exact) mass is 484 g/mol. The van der Waals surface area contributed by atoms with E-state index in [2.05, 4.69) is 43.8 Å². The second-order valence-electron chi connectivity index (χ2n) is 8.85. The van der Waals surface area contributed by atoms with Crippen molar-refractivity contribution in [3.8, 4) is 0 Å². The highest BCUT2D eigenvalue weighted by Gasteiger charge is 2.38. The molecule has 190 valence electrons. The Kier molecular flexibility index (Phi) is 10.6. The molecular weight excluding hydrogens is 444 g/mol. The van der Waals surface area contributed by atoms with Gasteiger partial charge >= 0.3 is 0 Å². The van der Waals surface area contributed by atoms with Crippen molar-refractivity contribution in [1.29, 1.82) is 0 Å². The van der Waals surface area contributed by atoms with Crippen LogP contribution in [0.3, 0.4) is 0 Å². The third-order valence-corrected chi connectivity index (χ3v) is 6.33. The van der Waals surface area contributed by atoms with Crippen molar-refractivity contribution < 1.29 is 5.11 Å². The van der Waals surface area contributed by atoms with Crippen LogP contribution < -0.4 is 16.3 Å². The van der Waals surface area contributed by atoms with Gasteiger partial charge in [0.25, 0.3) is 0 Å². The third-order valence-electron chi connectivity index (χ3n) is 6.33. The first-order chi connectivity index (χ1) is 17.3. The van der Waals surface area contributed by atoms with Crippen LogP contribution in [0.25, 0.3) is 17.7 Å². The van der Waals surface area contributed by atoms with Gasteiger partial charge in [-0.1, -0.05) is 63.5 Å². The molecule has 0 bridgehead atoms. The molecule has 1 unspecified atom stereocenters. The second-order valence-corrected chi connectivity index (χ2v) is 8.85. The Balaban J connectivity index is 2.96. The maximum Gasteiger partial charge on any atom is 0.152 e. The summed E-state index contributed by atoms with van der Waals surface area (Å²) in [5, 5.41) is 14.2. The first-order valence-corrected chi connectivity index (χ1v) is 12.3. The maximum absolute atomic E-state index is 12.3. The van der Waals surface area contributed by atoms with Gasteiger partial charge in [-0.05, 0) is 60.6 Å². The Morgan fingerprint density at radius 3 is 2.58 bits per heavy atom. The van der Waals surface area contributed by atoms with E-state index in [1.165, 1.54) is 18.0 Å². The minimum atomic E-state index is -1.48. The predicted octanol–water partition coefficient (Wildman–Crippen LogP) is 4.32. The van der Waals surface area contributed by atoms with E-state index in [0.29, 0.717) is 17.7 Å². The fraction of sp³-hybridized carbons (Fsp3) is 0.290. The first-order valence-electron chi connectivity index (χ1n) is 12.3. The molecule has 0 saturated heterocycles. The van der Waals surface area contributed by atoms with Gasteiger partial charge < -0.3 is 15.7 Å². The average Bonchev–Trinajstić information content (AvgIpc) is 3.09. The summed E-state index contributed by atoms with van der Waals surface area (Å²) in [7, 11) is 3.74. The number of fused-ring (bicyclic) bond motifs is 1. The molecule has 5 heteroatoms. The molecular formula is C31H40N4O. The van der Waals surface area contributed by atoms with Crippen molar-refractivity contribution in [2.75, 3.05) is 14.1 Å². The quantitative estimate of drug-likeness (QED) is 0.342. The number of hydrogen-bond donors (Lipinski definition) is 2. The summed E-state index contributed by atoms with van der Waals surface area (Å²) in [5.74, 6) is 0. The highest BCUT2D eigenvalue weighted by atomic mass is 16.3. The van der Waals surface area contributed by atoms with Gasteiger partial charge in [-0.2, -0.15) is 0 Å². The van der Waals surface area contributed by atoms with E-state index in [-0.39, 0.29) is 0 Å². The molecule has 0 aromatic carbocycles. The molecule has 1 aliphatic rings. The van der Waals surface area contributed by atoms with E-state index < -0.39 is 5.60 Å². The average molecular weight is 485 g/mol. The Morgan fingerprint density at radius 1 is 1.25 bits per heavy atom. The zero-order valence-corrected chi connectivity index (χ0v) is 22.2. The van der Waals surface area contributed by atoms with Crippen LogP contribution in [0.15, 0.2) is 90.5 Å². The Labute approximate surface area is 216 Å². The number of nitrogens with two attached hydrogens (primary N) is 1. The molecule has 0 saturated carbocycles. The lowest BCUT2D eigenvalue weighted by Crippen LogP contribution is -2.42. The number of aliphatic hydroxyl groups is 1. The number of rotatable bonds is 12. The van der Waals surface area contributed by atoms with Gasteiger partial charge in [-0.3, -0.25) is 9.98 Å². The standard InChI is InChI=1S/C31H40N4O/c1-8-12-16-26-27-20-25(15-13-17-29(27)34-22-28(26)24(10-3)14-9-2)31(36,30(21-32)35(6)7)23(5)18-19-33-11-4/h9-11,14-15,17-22,36H,2-4,8,12-13,16,32H2,1,5-7H3/b23-18+,24-14+,30-21-,33-19?. The maximum atomic E-state index is 12.3. The SMILES string of the molecule is C=C/C=C(\C=C)c1cnc2c(c1CCCC)=CC(C(O)(/C(=C/N)N(C)C)/C(C)=C/C=NC=C)=CCC=2. The van der Waals surface area contributed by atoms with Gasteiger partial charge in [0.2, 0.25) is 0 Å². The van der Waals surface area contributed by atoms with Crippen molar-refractivity contribution in [3.63, 3.8) is 0 Å². The summed E-state index contributed by atoms with van der Waals surface area (Å²) < 4.78 is 0. The summed E-state index contributed by atoms with van der Waals surface area (Å²) in [6.07, 6.45) is 23.6. The highest BCUT2D eigenvalue weighted by molar-refractivity contribution is 5.78. The molecule has 1 aromatic rings. The van der Waals surface area contributed by atoms with Crippen LogP contribution in [-0.2, 0) is 6.42 Å². The van der Waals surface area contributed by atoms with E-state index in [1.54, 1.807) is 18.4 Å². The number of allylic oxidation sites excluding steroid dienone is 6. The lowest BCUT2D eigenvalue weighted by atomic mass is 9.81. The van der Waals surface area contributed by atoms with Crippen molar-refractivity contribution in [3.05, 3.63) is 107 Å². The Morgan fingerprint density at radius 2 is 2.00 bits per heavy atom. The largest absolute Gasteiger partial charge is 0.403 e. The smallest absolute Gasteiger partial charge is 0.152 e. The zero-order valence-electron chi connectivity index (χ0n) is 22.2. The molecule has 2 rings (SSSR count). The zero-order chi connectivity index (χ0) is 26.7. The molecule has 1 atom stereocenters. The Hall–Kier alpha value is -3.70. The molecule has 0 fully saturated rings. The second kappa shape index (κ2) is 13.4. The fourth-order valence-electron chi connectivity index (χ4n) is 4.44. The van der Waals surface area contributed by atoms with Crippen molar-refractivity contribution in [2.45, 2.75) is 45.1 Å². The van der Waals surface area contributed by atoms with Crippen LogP contribution in [0.1, 0.15) is 44.2 Å². The minimum Gasteiger partial charge on any atom is -0.403 e. The van der Waals surface area contributed by atoms with E-state index in [1.807, 2.05) is 50.3 Å². The summed E-state index contributed by atoms with van der Waals surface area (Å²) >= 11 is 0. The van der Waals surface area contributed by atoms with Crippen molar-refractivity contribution in [1.82, 2.24) is 9.88 Å². The summed E-state index contributed by atoms with van der Waals surface area (Å²) in [6, 6.07) is 0. The molecule has 0 aliphatic heterocycles. The van der Waals surface area contributed by atoms with Gasteiger partial charge in [0.15, 0.2) is 5.60 Å². The lowest BCUT2D eigenvalue weighted by molar-refractivity contribution is 0.131. The Bertz CT molecular complexity index is 1260. The molecule has 0 amide bonds. The van der Waals surface area contributed by atoms with Gasteiger partial charge in [0, 0.05) is 49.7 Å². The fourth-order valence-corrected chi connectivity index (χ4v) is 4.44. The highest BCUT2D eigenvalue weighted by Crippen LogP contribution is 2.35. The lowest BCUT2D eigenvalue weighted by Gasteiger charge is -2.36. The third kappa shape index (κ3) is 6.10. The van der Waals surface area contributed by atoms with Crippen LogP contribution in [0.2, 0.25) is 0 Å². The number of aliphatic imine (C=N–C) groups is 1. The molecule has 1 aromatic heterocycles. The van der Waals surface area contributed by atoms with Crippen LogP contribution in [-0.4, -0.2) is 40.9 Å². The van der Waals surface area contributed by atoms with Crippen molar-refractivity contribution >= 4 is 23.9 Å². The molecule has 36 heavy (non-hydrogen) atoms. The number of nitrogens with zero attached hydrogens (tertiary/aromatic N) is 3. The number of hydrogen-bond acceptors (Lipinski definition) is 5. The van der Waals surface area contributed by atoms with Gasteiger partial charge in [0.1, 0.15) is 0 Å². The number of likely N-dealkylation sites (N-methyl/N-ethyl adjacent to an activating group) is 1. The topological polar surface area (TPSA) is 74.7 Å². The predicted molar refractivity (Wildman–Crippen MR) is 155 cm³/mol. The van der Waals surface area contributed by atoms with Crippen LogP contribution in [0.5, 0.6) is 0 Å². The molecule has 3 N–H and O–H groups in total. The van der Waals surface area contributed by atoms with Gasteiger partial charge in [0.05, 0.1) is 11.0 Å². The summed E-state index contributed by atoms with van der Waals surface area (Å²) in [6.45, 7) is 15.6. The molecule has 1 aliphatic carbocycles. The van der Waals surface area contributed by atoms with Crippen LogP contribution in [0.4, 0.5) is 0 Å². The molecule has 0 radical (unpaired) electrons. The molecule has 5 nitrogen and oxygen atoms in total. The summed E-state index contributed by atoms with van der Waals surface area (Å²) in [5.41, 5.74) is 9.75. The van der Waals surface area contributed by atoms with E-state index in [0.717, 1.165) is 46.5 Å². The molecule has 0 spiro atoms. The van der Waals surface area contributed by atoms with E-state index >= 15 is 0 Å². The molecule has 1 heterocycles. The van der Waals surface area contributed by atoms with Crippen molar-refractivity contribution in [2.24, 2.45) is 10.7 Å². The number of unbranched alkanes of at least 4 members (excludes halogenated alkanes) is 1. The number of aromatic nitrogens is 1. The summed E-state index contributed by atoms with van der Waals surface area (Å²) in [4.78, 5) is 10.7. The number of pyridine rings is 1.